The van der Waals surface area contributed by atoms with Crippen molar-refractivity contribution in [3.05, 3.63) is 29.3 Å². The van der Waals surface area contributed by atoms with Crippen molar-refractivity contribution in [2.24, 2.45) is 5.73 Å². The fourth-order valence-electron chi connectivity index (χ4n) is 1.47. The van der Waals surface area contributed by atoms with Gasteiger partial charge in [-0.2, -0.15) is 0 Å². The Morgan fingerprint density at radius 3 is 2.70 bits per heavy atom. The van der Waals surface area contributed by atoms with Crippen molar-refractivity contribution in [3.8, 4) is 0 Å². The Balaban J connectivity index is 2.28. The van der Waals surface area contributed by atoms with E-state index >= 15 is 0 Å². The van der Waals surface area contributed by atoms with Crippen molar-refractivity contribution in [1.29, 1.82) is 0 Å². The molecule has 0 unspecified atom stereocenters. The van der Waals surface area contributed by atoms with Crippen LogP contribution in [0, 0.1) is 0 Å². The molecule has 1 aromatic carbocycles. The molecule has 0 aliphatic carbocycles. The Bertz CT molecular complexity index is 731. The van der Waals surface area contributed by atoms with Gasteiger partial charge in [-0.1, -0.05) is 11.6 Å². The molecule has 0 amide bonds. The van der Waals surface area contributed by atoms with E-state index in [2.05, 4.69) is 0 Å². The van der Waals surface area contributed by atoms with Crippen molar-refractivity contribution >= 4 is 43.0 Å². The number of sulfonamides is 1. The molecule has 9 heteroatoms. The molecule has 0 radical (unpaired) electrons. The van der Waals surface area contributed by atoms with E-state index in [0.29, 0.717) is 15.1 Å². The molecule has 0 spiro atoms. The lowest BCUT2D eigenvalue weighted by Crippen LogP contribution is -2.41. The van der Waals surface area contributed by atoms with Gasteiger partial charge in [0.25, 0.3) is 5.92 Å². The Hall–Kier alpha value is -0.800. The van der Waals surface area contributed by atoms with Crippen LogP contribution >= 0.6 is 22.9 Å². The van der Waals surface area contributed by atoms with E-state index in [1.54, 1.807) is 18.2 Å². The zero-order valence-corrected chi connectivity index (χ0v) is 12.5. The van der Waals surface area contributed by atoms with Crippen LogP contribution in [0.2, 0.25) is 5.02 Å². The summed E-state index contributed by atoms with van der Waals surface area (Å²) < 4.78 is 52.4. The van der Waals surface area contributed by atoms with Crippen LogP contribution in [-0.4, -0.2) is 27.4 Å². The van der Waals surface area contributed by atoms with Crippen LogP contribution in [-0.2, 0) is 10.0 Å². The van der Waals surface area contributed by atoms with Crippen LogP contribution in [0.5, 0.6) is 0 Å². The Morgan fingerprint density at radius 1 is 1.35 bits per heavy atom. The van der Waals surface area contributed by atoms with Crippen molar-refractivity contribution in [2.75, 3.05) is 13.1 Å². The minimum absolute atomic E-state index is 0.0393. The van der Waals surface area contributed by atoms with E-state index in [1.165, 1.54) is 6.07 Å². The summed E-state index contributed by atoms with van der Waals surface area (Å²) in [5.41, 5.74) is 4.86. The summed E-state index contributed by atoms with van der Waals surface area (Å²) in [6.07, 6.45) is 0. The molecular formula is C11H11ClF2N2O2S2. The molecule has 0 aliphatic heterocycles. The van der Waals surface area contributed by atoms with Gasteiger partial charge >= 0.3 is 0 Å². The number of nitrogens with one attached hydrogen (secondary N) is 1. The SMILES string of the molecule is NCC(F)(F)CNS(=O)(=O)c1cc2cc(Cl)ccc2s1. The van der Waals surface area contributed by atoms with Crippen LogP contribution < -0.4 is 10.5 Å². The molecule has 0 saturated carbocycles. The number of hydrogen-bond acceptors (Lipinski definition) is 4. The number of thiophene rings is 1. The Morgan fingerprint density at radius 2 is 2.05 bits per heavy atom. The van der Waals surface area contributed by atoms with Gasteiger partial charge in [0.05, 0.1) is 13.1 Å². The highest BCUT2D eigenvalue weighted by atomic mass is 35.5. The minimum Gasteiger partial charge on any atom is -0.325 e. The van der Waals surface area contributed by atoms with Crippen molar-refractivity contribution in [2.45, 2.75) is 10.1 Å². The summed E-state index contributed by atoms with van der Waals surface area (Å²) in [5, 5.41) is 1.12. The van der Waals surface area contributed by atoms with E-state index in [4.69, 9.17) is 17.3 Å². The summed E-state index contributed by atoms with van der Waals surface area (Å²) >= 11 is 6.79. The average molecular weight is 341 g/mol. The van der Waals surface area contributed by atoms with Gasteiger partial charge < -0.3 is 5.73 Å². The van der Waals surface area contributed by atoms with Crippen molar-refractivity contribution in [3.63, 3.8) is 0 Å². The lowest BCUT2D eigenvalue weighted by molar-refractivity contribution is 0.0170. The first kappa shape index (κ1) is 15.6. The number of rotatable bonds is 5. The van der Waals surface area contributed by atoms with Gasteiger partial charge in [-0.3, -0.25) is 0 Å². The van der Waals surface area contributed by atoms with Crippen LogP contribution in [0.1, 0.15) is 0 Å². The third-order valence-electron chi connectivity index (χ3n) is 2.54. The van der Waals surface area contributed by atoms with Gasteiger partial charge in [0.1, 0.15) is 4.21 Å². The molecule has 1 heterocycles. The van der Waals surface area contributed by atoms with E-state index in [-0.39, 0.29) is 4.21 Å². The van der Waals surface area contributed by atoms with Crippen molar-refractivity contribution < 1.29 is 17.2 Å². The molecular weight excluding hydrogens is 330 g/mol. The van der Waals surface area contributed by atoms with Gasteiger partial charge in [-0.15, -0.1) is 11.3 Å². The zero-order chi connectivity index (χ0) is 15.0. The third kappa shape index (κ3) is 3.44. The lowest BCUT2D eigenvalue weighted by atomic mass is 10.3. The van der Waals surface area contributed by atoms with Gasteiger partial charge in [-0.25, -0.2) is 21.9 Å². The standard InChI is InChI=1S/C11H11ClF2N2O2S2/c12-8-1-2-9-7(3-8)4-10(19-9)20(17,18)16-6-11(13,14)5-15/h1-4,16H,5-6,15H2. The number of halogens is 3. The molecule has 0 bridgehead atoms. The summed E-state index contributed by atoms with van der Waals surface area (Å²) in [4.78, 5) is 0. The third-order valence-corrected chi connectivity index (χ3v) is 5.77. The quantitative estimate of drug-likeness (QED) is 0.878. The molecule has 20 heavy (non-hydrogen) atoms. The Kier molecular flexibility index (Phi) is 4.31. The topological polar surface area (TPSA) is 72.2 Å². The molecule has 2 aromatic rings. The van der Waals surface area contributed by atoms with Crippen molar-refractivity contribution in [1.82, 2.24) is 4.72 Å². The van der Waals surface area contributed by atoms with Crippen LogP contribution in [0.4, 0.5) is 8.78 Å². The molecule has 2 rings (SSSR count). The van der Waals surface area contributed by atoms with Crippen LogP contribution in [0.25, 0.3) is 10.1 Å². The zero-order valence-electron chi connectivity index (χ0n) is 10.1. The van der Waals surface area contributed by atoms with E-state index in [9.17, 15) is 17.2 Å². The van der Waals surface area contributed by atoms with E-state index < -0.39 is 29.0 Å². The molecule has 4 nitrogen and oxygen atoms in total. The number of alkyl halides is 2. The number of benzene rings is 1. The summed E-state index contributed by atoms with van der Waals surface area (Å²) in [5.74, 6) is -3.27. The highest BCUT2D eigenvalue weighted by molar-refractivity contribution is 7.91. The molecule has 3 N–H and O–H groups in total. The molecule has 110 valence electrons. The molecule has 1 aromatic heterocycles. The van der Waals surface area contributed by atoms with Gasteiger partial charge in [0.2, 0.25) is 10.0 Å². The second-order valence-electron chi connectivity index (χ2n) is 4.13. The van der Waals surface area contributed by atoms with Gasteiger partial charge in [-0.05, 0) is 29.7 Å². The smallest absolute Gasteiger partial charge is 0.273 e. The summed E-state index contributed by atoms with van der Waals surface area (Å²) in [6.45, 7) is -1.95. The van der Waals surface area contributed by atoms with E-state index in [1.807, 2.05) is 4.72 Å². The van der Waals surface area contributed by atoms with Gasteiger partial charge in [0.15, 0.2) is 0 Å². The first-order valence-electron chi connectivity index (χ1n) is 5.50. The molecule has 0 aliphatic rings. The molecule has 0 saturated heterocycles. The molecule has 0 fully saturated rings. The Labute approximate surface area is 123 Å². The predicted molar refractivity (Wildman–Crippen MR) is 76.0 cm³/mol. The maximum Gasteiger partial charge on any atom is 0.273 e. The van der Waals surface area contributed by atoms with Crippen LogP contribution in [0.3, 0.4) is 0 Å². The number of nitrogens with two attached hydrogens (primary N) is 1. The summed E-state index contributed by atoms with van der Waals surface area (Å²) in [6, 6.07) is 6.32. The van der Waals surface area contributed by atoms with Crippen LogP contribution in [0.15, 0.2) is 28.5 Å². The maximum absolute atomic E-state index is 13.0. The maximum atomic E-state index is 13.0. The first-order valence-corrected chi connectivity index (χ1v) is 8.18. The normalized spacial score (nSPS) is 13.0. The van der Waals surface area contributed by atoms with E-state index in [0.717, 1.165) is 11.3 Å². The fraction of sp³-hybridized carbons (Fsp3) is 0.273. The number of fused-ring (bicyclic) bond motifs is 1. The molecule has 0 atom stereocenters. The monoisotopic (exact) mass is 340 g/mol. The average Bonchev–Trinajstić information content (AvgIpc) is 2.80. The summed E-state index contributed by atoms with van der Waals surface area (Å²) in [7, 11) is -3.99. The highest BCUT2D eigenvalue weighted by Gasteiger charge is 2.30. The lowest BCUT2D eigenvalue weighted by Gasteiger charge is -2.13. The second kappa shape index (κ2) is 5.53. The fourth-order valence-corrected chi connectivity index (χ4v) is 4.13. The largest absolute Gasteiger partial charge is 0.325 e. The predicted octanol–water partition coefficient (Wildman–Crippen LogP) is 2.43. The first-order chi connectivity index (χ1) is 9.23. The minimum atomic E-state index is -3.99. The highest BCUT2D eigenvalue weighted by Crippen LogP contribution is 2.30. The second-order valence-corrected chi connectivity index (χ2v) is 7.65. The number of hydrogen-bond donors (Lipinski definition) is 2. The van der Waals surface area contributed by atoms with Gasteiger partial charge in [0, 0.05) is 9.72 Å².